The van der Waals surface area contributed by atoms with Crippen molar-refractivity contribution in [3.05, 3.63) is 0 Å². The molecule has 25 heavy (non-hydrogen) atoms. The van der Waals surface area contributed by atoms with Gasteiger partial charge in [0.15, 0.2) is 30.7 Å². The Morgan fingerprint density at radius 3 is 1.64 bits per heavy atom. The third kappa shape index (κ3) is 8.45. The van der Waals surface area contributed by atoms with Crippen LogP contribution in [-0.4, -0.2) is 54.6 Å². The third-order valence-corrected chi connectivity index (χ3v) is 2.66. The molecule has 0 bridgehead atoms. The number of nitrogens with zero attached hydrogens (tertiary/aromatic N) is 1. The van der Waals surface area contributed by atoms with Gasteiger partial charge in [0.25, 0.3) is 0 Å². The highest BCUT2D eigenvalue weighted by Crippen LogP contribution is 2.20. The van der Waals surface area contributed by atoms with Crippen molar-refractivity contribution in [3.8, 4) is 6.07 Å². The van der Waals surface area contributed by atoms with Crippen LogP contribution >= 0.6 is 0 Å². The Labute approximate surface area is 144 Å². The minimum Gasteiger partial charge on any atom is -0.457 e. The van der Waals surface area contributed by atoms with Gasteiger partial charge < -0.3 is 18.9 Å². The second-order valence-corrected chi connectivity index (χ2v) is 4.87. The van der Waals surface area contributed by atoms with Crippen molar-refractivity contribution >= 4 is 30.2 Å². The second kappa shape index (κ2) is 10.7. The fraction of sp³-hybridized carbons (Fsp3) is 0.600. The maximum atomic E-state index is 11.4. The number of hydrogen-bond donors (Lipinski definition) is 0. The van der Waals surface area contributed by atoms with Crippen LogP contribution in [0.1, 0.15) is 34.1 Å². The molecule has 0 unspecified atom stereocenters. The minimum absolute atomic E-state index is 0.169. The molecule has 10 heteroatoms. The van der Waals surface area contributed by atoms with E-state index in [1.807, 2.05) is 0 Å². The summed E-state index contributed by atoms with van der Waals surface area (Å²) in [5.74, 6) is -3.39. The van der Waals surface area contributed by atoms with E-state index in [-0.39, 0.29) is 6.29 Å². The summed E-state index contributed by atoms with van der Waals surface area (Å²) in [6.07, 6.45) is -6.40. The molecule has 0 spiro atoms. The molecule has 0 saturated heterocycles. The first-order chi connectivity index (χ1) is 11.6. The maximum Gasteiger partial charge on any atom is 0.303 e. The van der Waals surface area contributed by atoms with E-state index in [0.717, 1.165) is 27.7 Å². The summed E-state index contributed by atoms with van der Waals surface area (Å²) >= 11 is 0. The molecule has 0 aliphatic carbocycles. The molecule has 0 aromatic heterocycles. The average Bonchev–Trinajstić information content (AvgIpc) is 2.47. The molecule has 0 aliphatic heterocycles. The van der Waals surface area contributed by atoms with Crippen LogP contribution in [0.2, 0.25) is 0 Å². The van der Waals surface area contributed by atoms with Gasteiger partial charge in [-0.2, -0.15) is 5.26 Å². The largest absolute Gasteiger partial charge is 0.457 e. The first-order valence-electron chi connectivity index (χ1n) is 7.13. The smallest absolute Gasteiger partial charge is 0.303 e. The van der Waals surface area contributed by atoms with Crippen LogP contribution in [-0.2, 0) is 42.9 Å². The quantitative estimate of drug-likeness (QED) is 0.309. The van der Waals surface area contributed by atoms with Gasteiger partial charge in [-0.1, -0.05) is 0 Å². The fourth-order valence-corrected chi connectivity index (χ4v) is 1.95. The summed E-state index contributed by atoms with van der Waals surface area (Å²) in [6, 6.07) is 1.73. The number of carbonyl (C=O) groups excluding carboxylic acids is 5. The molecular weight excluding hydrogens is 338 g/mol. The zero-order valence-corrected chi connectivity index (χ0v) is 14.2. The lowest BCUT2D eigenvalue weighted by atomic mass is 10.0. The molecule has 0 aromatic rings. The summed E-state index contributed by atoms with van der Waals surface area (Å²) < 4.78 is 19.6. The number of hydrogen-bond acceptors (Lipinski definition) is 10. The lowest BCUT2D eigenvalue weighted by molar-refractivity contribution is -0.196. The predicted molar refractivity (Wildman–Crippen MR) is 78.5 cm³/mol. The van der Waals surface area contributed by atoms with Gasteiger partial charge in [-0.05, 0) is 0 Å². The van der Waals surface area contributed by atoms with Gasteiger partial charge >= 0.3 is 23.9 Å². The van der Waals surface area contributed by atoms with Crippen LogP contribution in [0.5, 0.6) is 0 Å². The Bertz CT molecular complexity index is 566. The summed E-state index contributed by atoms with van der Waals surface area (Å²) in [4.78, 5) is 56.4. The molecule has 0 saturated carbocycles. The monoisotopic (exact) mass is 357 g/mol. The first-order valence-corrected chi connectivity index (χ1v) is 7.13. The fourth-order valence-electron chi connectivity index (χ4n) is 1.95. The molecule has 0 rings (SSSR count). The summed E-state index contributed by atoms with van der Waals surface area (Å²) in [6.45, 7) is 4.11. The van der Waals surface area contributed by atoms with Crippen LogP contribution in [0.4, 0.5) is 0 Å². The normalized spacial score (nSPS) is 14.7. The number of rotatable bonds is 9. The van der Waals surface area contributed by atoms with Crippen molar-refractivity contribution in [3.63, 3.8) is 0 Å². The van der Waals surface area contributed by atoms with E-state index in [9.17, 15) is 24.0 Å². The van der Waals surface area contributed by atoms with Gasteiger partial charge in [0.2, 0.25) is 0 Å². The van der Waals surface area contributed by atoms with Gasteiger partial charge in [0.1, 0.15) is 0 Å². The highest BCUT2D eigenvalue weighted by molar-refractivity contribution is 5.72. The van der Waals surface area contributed by atoms with Crippen LogP contribution in [0.3, 0.4) is 0 Å². The van der Waals surface area contributed by atoms with Crippen molar-refractivity contribution in [1.82, 2.24) is 0 Å². The Balaban J connectivity index is 5.93. The average molecular weight is 357 g/mol. The van der Waals surface area contributed by atoms with Gasteiger partial charge in [-0.15, -0.1) is 0 Å². The molecule has 0 heterocycles. The molecule has 0 N–H and O–H groups in total. The molecule has 0 aromatic carbocycles. The molecule has 10 nitrogen and oxygen atoms in total. The molecule has 0 aliphatic rings. The van der Waals surface area contributed by atoms with Gasteiger partial charge in [0.05, 0.1) is 12.5 Å². The van der Waals surface area contributed by atoms with Crippen LogP contribution in [0.15, 0.2) is 0 Å². The Hall–Kier alpha value is -2.96. The van der Waals surface area contributed by atoms with Crippen LogP contribution in [0, 0.1) is 11.3 Å². The topological polar surface area (TPSA) is 146 Å². The van der Waals surface area contributed by atoms with Crippen molar-refractivity contribution in [1.29, 1.82) is 5.26 Å². The number of carbonyl (C=O) groups is 5. The van der Waals surface area contributed by atoms with Gasteiger partial charge in [0, 0.05) is 27.7 Å². The summed E-state index contributed by atoms with van der Waals surface area (Å²) in [5, 5.41) is 8.89. The molecule has 0 radical (unpaired) electrons. The first kappa shape index (κ1) is 22.0. The zero-order chi connectivity index (χ0) is 19.6. The Morgan fingerprint density at radius 2 is 1.28 bits per heavy atom. The maximum absolute atomic E-state index is 11.4. The molecule has 0 amide bonds. The minimum atomic E-state index is -1.64. The third-order valence-electron chi connectivity index (χ3n) is 2.66. The molecule has 0 fully saturated rings. The Morgan fingerprint density at radius 1 is 0.840 bits per heavy atom. The molecular formula is C15H19NO9. The highest BCUT2D eigenvalue weighted by Gasteiger charge is 2.43. The molecule has 138 valence electrons. The second-order valence-electron chi connectivity index (χ2n) is 4.87. The van der Waals surface area contributed by atoms with E-state index in [4.69, 9.17) is 24.2 Å². The number of esters is 4. The molecule has 4 atom stereocenters. The van der Waals surface area contributed by atoms with Crippen molar-refractivity contribution < 1.29 is 42.9 Å². The van der Waals surface area contributed by atoms with E-state index in [1.54, 1.807) is 6.07 Å². The van der Waals surface area contributed by atoms with Crippen molar-refractivity contribution in [2.75, 3.05) is 0 Å². The van der Waals surface area contributed by atoms with E-state index in [1.165, 1.54) is 0 Å². The lowest BCUT2D eigenvalue weighted by Gasteiger charge is -2.33. The number of aldehydes is 1. The summed E-state index contributed by atoms with van der Waals surface area (Å²) in [7, 11) is 0. The van der Waals surface area contributed by atoms with E-state index in [0.29, 0.717) is 0 Å². The SMILES string of the molecule is CC(=O)O[C@H]([C@H](OC(C)=O)[C@H](C=O)OC(C)=O)[C@@H](CC#N)OC(C)=O. The van der Waals surface area contributed by atoms with Crippen LogP contribution in [0.25, 0.3) is 0 Å². The van der Waals surface area contributed by atoms with Crippen LogP contribution < -0.4 is 0 Å². The number of ether oxygens (including phenoxy) is 4. The Kier molecular flexibility index (Phi) is 9.47. The zero-order valence-electron chi connectivity index (χ0n) is 14.2. The predicted octanol–water partition coefficient (Wildman–Crippen LogP) is -0.174. The van der Waals surface area contributed by atoms with Crippen molar-refractivity contribution in [2.24, 2.45) is 0 Å². The summed E-state index contributed by atoms with van der Waals surface area (Å²) in [5.41, 5.74) is 0. The number of nitriles is 1. The van der Waals surface area contributed by atoms with E-state index in [2.05, 4.69) is 0 Å². The van der Waals surface area contributed by atoms with E-state index < -0.39 is 54.7 Å². The van der Waals surface area contributed by atoms with E-state index >= 15 is 0 Å². The lowest BCUT2D eigenvalue weighted by Crippen LogP contribution is -2.52. The van der Waals surface area contributed by atoms with Gasteiger partial charge in [-0.3, -0.25) is 24.0 Å². The van der Waals surface area contributed by atoms with Gasteiger partial charge in [-0.25, -0.2) is 0 Å². The van der Waals surface area contributed by atoms with Crippen molar-refractivity contribution in [2.45, 2.75) is 58.5 Å². The highest BCUT2D eigenvalue weighted by atomic mass is 16.6. The standard InChI is InChI=1S/C15H19NO9/c1-8(18)22-12(5-6-16)14(24-10(3)20)15(25-11(4)21)13(7-17)23-9(2)19/h7,12-15H,5H2,1-4H3/t12-,13+,14+,15-/m1/s1.